The van der Waals surface area contributed by atoms with Crippen LogP contribution < -0.4 is 5.32 Å². The fourth-order valence-corrected chi connectivity index (χ4v) is 6.72. The van der Waals surface area contributed by atoms with Gasteiger partial charge < -0.3 is 10.1 Å². The zero-order valence-corrected chi connectivity index (χ0v) is 22.6. The largest absolute Gasteiger partial charge is 0.462 e. The molecule has 37 heavy (non-hydrogen) atoms. The number of nitrogens with zero attached hydrogens (tertiary/aromatic N) is 2. The number of esters is 1. The Morgan fingerprint density at radius 2 is 1.97 bits per heavy atom. The quantitative estimate of drug-likeness (QED) is 0.153. The molecule has 2 aromatic carbocycles. The first-order valence-electron chi connectivity index (χ1n) is 12.6. The van der Waals surface area contributed by atoms with Gasteiger partial charge in [0.25, 0.3) is 0 Å². The number of aromatic nitrogens is 2. The maximum Gasteiger partial charge on any atom is 0.341 e. The van der Waals surface area contributed by atoms with Gasteiger partial charge in [0.05, 0.1) is 23.6 Å². The minimum Gasteiger partial charge on any atom is -0.462 e. The highest BCUT2D eigenvalue weighted by molar-refractivity contribution is 7.99. The van der Waals surface area contributed by atoms with E-state index in [1.54, 1.807) is 13.1 Å². The number of nitrogens with one attached hydrogen (secondary N) is 1. The summed E-state index contributed by atoms with van der Waals surface area (Å²) in [6.45, 7) is 4.30. The maximum atomic E-state index is 12.9. The number of thioether (sulfide) groups is 1. The summed E-state index contributed by atoms with van der Waals surface area (Å²) in [6, 6.07) is 16.3. The van der Waals surface area contributed by atoms with E-state index in [2.05, 4.69) is 46.5 Å². The second-order valence-corrected chi connectivity index (χ2v) is 11.1. The Kier molecular flexibility index (Phi) is 7.86. The van der Waals surface area contributed by atoms with Crippen LogP contribution in [0, 0.1) is 5.92 Å². The van der Waals surface area contributed by atoms with E-state index in [9.17, 15) is 9.59 Å². The van der Waals surface area contributed by atoms with Crippen LogP contribution in [0.15, 0.2) is 59.9 Å². The number of hydrogen-bond acceptors (Lipinski definition) is 7. The number of benzene rings is 2. The van der Waals surface area contributed by atoms with Gasteiger partial charge in [-0.15, -0.1) is 11.3 Å². The summed E-state index contributed by atoms with van der Waals surface area (Å²) in [6.07, 6.45) is 5.68. The lowest BCUT2D eigenvalue weighted by Crippen LogP contribution is -2.18. The SMILES string of the molecule is CCOC(=O)c1c(NC(=O)CSc2nccc(-c3ccc4ccccc4c3)n2)sc2c1CC[C@@H](CC)C2. The summed E-state index contributed by atoms with van der Waals surface area (Å²) in [5.74, 6) is 0.210. The summed E-state index contributed by atoms with van der Waals surface area (Å²) in [7, 11) is 0. The fourth-order valence-electron chi connectivity index (χ4n) is 4.72. The molecule has 1 N–H and O–H groups in total. The Morgan fingerprint density at radius 1 is 1.14 bits per heavy atom. The highest BCUT2D eigenvalue weighted by atomic mass is 32.2. The molecule has 8 heteroatoms. The predicted molar refractivity (Wildman–Crippen MR) is 150 cm³/mol. The molecule has 1 atom stereocenters. The monoisotopic (exact) mass is 531 g/mol. The molecular weight excluding hydrogens is 502 g/mol. The molecule has 6 nitrogen and oxygen atoms in total. The third-order valence-electron chi connectivity index (χ3n) is 6.69. The van der Waals surface area contributed by atoms with Crippen molar-refractivity contribution in [1.29, 1.82) is 0 Å². The Hall–Kier alpha value is -3.23. The molecule has 2 aromatic heterocycles. The Labute approximate surface area is 224 Å². The Bertz CT molecular complexity index is 1450. The van der Waals surface area contributed by atoms with E-state index in [1.807, 2.05) is 24.3 Å². The molecular formula is C29H29N3O3S2. The second kappa shape index (κ2) is 11.4. The molecule has 0 unspecified atom stereocenters. The number of hydrogen-bond donors (Lipinski definition) is 1. The highest BCUT2D eigenvalue weighted by Crippen LogP contribution is 2.41. The van der Waals surface area contributed by atoms with E-state index >= 15 is 0 Å². The third kappa shape index (κ3) is 5.70. The highest BCUT2D eigenvalue weighted by Gasteiger charge is 2.29. The standard InChI is InChI=1S/C29H29N3O3S2/c1-3-18-9-12-22-24(15-18)37-27(26(22)28(34)35-4-2)32-25(33)17-36-29-30-14-13-23(31-29)21-11-10-19-7-5-6-8-20(19)16-21/h5-8,10-11,13-14,16,18H,3-4,9,12,15,17H2,1-2H3,(H,32,33)/t18-/m1/s1. The normalized spacial score (nSPS) is 14.8. The predicted octanol–water partition coefficient (Wildman–Crippen LogP) is 6.78. The molecule has 0 fully saturated rings. The Morgan fingerprint density at radius 3 is 2.78 bits per heavy atom. The number of ether oxygens (including phenoxy) is 1. The first-order valence-corrected chi connectivity index (χ1v) is 14.4. The summed E-state index contributed by atoms with van der Waals surface area (Å²) >= 11 is 2.79. The lowest BCUT2D eigenvalue weighted by atomic mass is 9.85. The number of carbonyl (C=O) groups excluding carboxylic acids is 2. The van der Waals surface area contributed by atoms with Crippen LogP contribution in [-0.2, 0) is 22.4 Å². The van der Waals surface area contributed by atoms with Crippen LogP contribution in [-0.4, -0.2) is 34.2 Å². The topological polar surface area (TPSA) is 81.2 Å². The number of anilines is 1. The van der Waals surface area contributed by atoms with Crippen molar-refractivity contribution >= 4 is 50.7 Å². The van der Waals surface area contributed by atoms with Gasteiger partial charge in [0, 0.05) is 16.6 Å². The molecule has 0 spiro atoms. The lowest BCUT2D eigenvalue weighted by Gasteiger charge is -2.20. The van der Waals surface area contributed by atoms with Gasteiger partial charge in [-0.05, 0) is 60.6 Å². The van der Waals surface area contributed by atoms with Gasteiger partial charge in [0.2, 0.25) is 5.91 Å². The van der Waals surface area contributed by atoms with Crippen molar-refractivity contribution in [2.45, 2.75) is 44.7 Å². The number of fused-ring (bicyclic) bond motifs is 2. The van der Waals surface area contributed by atoms with Crippen LogP contribution in [0.5, 0.6) is 0 Å². The zero-order valence-electron chi connectivity index (χ0n) is 21.0. The van der Waals surface area contributed by atoms with Crippen LogP contribution in [0.4, 0.5) is 5.00 Å². The molecule has 4 aromatic rings. The van der Waals surface area contributed by atoms with E-state index in [-0.39, 0.29) is 17.6 Å². The molecule has 5 rings (SSSR count). The van der Waals surface area contributed by atoms with Crippen molar-refractivity contribution in [3.05, 3.63) is 70.7 Å². The molecule has 2 heterocycles. The van der Waals surface area contributed by atoms with E-state index < -0.39 is 0 Å². The number of thiophene rings is 1. The number of amides is 1. The minimum atomic E-state index is -0.357. The van der Waals surface area contributed by atoms with Crippen molar-refractivity contribution in [3.8, 4) is 11.3 Å². The molecule has 0 saturated carbocycles. The first-order chi connectivity index (χ1) is 18.1. The van der Waals surface area contributed by atoms with Crippen LogP contribution in [0.1, 0.15) is 47.5 Å². The van der Waals surface area contributed by atoms with Crippen molar-refractivity contribution < 1.29 is 14.3 Å². The number of carbonyl (C=O) groups is 2. The summed E-state index contributed by atoms with van der Waals surface area (Å²) in [5.41, 5.74) is 3.39. The van der Waals surface area contributed by atoms with E-state index in [1.165, 1.54) is 33.4 Å². The van der Waals surface area contributed by atoms with Gasteiger partial charge in [-0.1, -0.05) is 61.5 Å². The van der Waals surface area contributed by atoms with Crippen LogP contribution >= 0.6 is 23.1 Å². The van der Waals surface area contributed by atoms with Gasteiger partial charge in [-0.3, -0.25) is 4.79 Å². The molecule has 0 saturated heterocycles. The van der Waals surface area contributed by atoms with Crippen molar-refractivity contribution in [2.24, 2.45) is 5.92 Å². The maximum absolute atomic E-state index is 12.9. The molecule has 0 radical (unpaired) electrons. The minimum absolute atomic E-state index is 0.142. The van der Waals surface area contributed by atoms with Crippen molar-refractivity contribution in [2.75, 3.05) is 17.7 Å². The molecule has 1 aliphatic carbocycles. The van der Waals surface area contributed by atoms with Crippen LogP contribution in [0.3, 0.4) is 0 Å². The smallest absolute Gasteiger partial charge is 0.341 e. The average Bonchev–Trinajstić information content (AvgIpc) is 3.28. The second-order valence-electron chi connectivity index (χ2n) is 9.07. The first kappa shape index (κ1) is 25.4. The molecule has 190 valence electrons. The van der Waals surface area contributed by atoms with Gasteiger partial charge in [-0.2, -0.15) is 0 Å². The van der Waals surface area contributed by atoms with Gasteiger partial charge >= 0.3 is 5.97 Å². The third-order valence-corrected chi connectivity index (χ3v) is 8.72. The Balaban J connectivity index is 1.29. The van der Waals surface area contributed by atoms with E-state index in [4.69, 9.17) is 4.74 Å². The van der Waals surface area contributed by atoms with Crippen LogP contribution in [0.25, 0.3) is 22.0 Å². The van der Waals surface area contributed by atoms with Crippen molar-refractivity contribution in [3.63, 3.8) is 0 Å². The number of rotatable bonds is 8. The van der Waals surface area contributed by atoms with E-state index in [0.717, 1.165) is 47.9 Å². The molecule has 1 amide bonds. The van der Waals surface area contributed by atoms with Gasteiger partial charge in [0.15, 0.2) is 5.16 Å². The van der Waals surface area contributed by atoms with Gasteiger partial charge in [-0.25, -0.2) is 14.8 Å². The lowest BCUT2D eigenvalue weighted by molar-refractivity contribution is -0.113. The molecule has 1 aliphatic rings. The molecule has 0 bridgehead atoms. The van der Waals surface area contributed by atoms with Crippen molar-refractivity contribution in [1.82, 2.24) is 9.97 Å². The summed E-state index contributed by atoms with van der Waals surface area (Å²) < 4.78 is 5.33. The zero-order chi connectivity index (χ0) is 25.8. The summed E-state index contributed by atoms with van der Waals surface area (Å²) in [5, 5.41) is 6.43. The van der Waals surface area contributed by atoms with E-state index in [0.29, 0.717) is 28.2 Å². The average molecular weight is 532 g/mol. The van der Waals surface area contributed by atoms with Gasteiger partial charge in [0.1, 0.15) is 5.00 Å². The molecule has 0 aliphatic heterocycles. The fraction of sp³-hybridized carbons (Fsp3) is 0.310. The van der Waals surface area contributed by atoms with Crippen LogP contribution in [0.2, 0.25) is 0 Å². The summed E-state index contributed by atoms with van der Waals surface area (Å²) in [4.78, 5) is 35.9.